The van der Waals surface area contributed by atoms with Crippen molar-refractivity contribution < 1.29 is 13.2 Å². The molecule has 0 saturated carbocycles. The molecule has 0 bridgehead atoms. The molecule has 72 valence electrons. The lowest BCUT2D eigenvalue weighted by molar-refractivity contribution is 0.522. The van der Waals surface area contributed by atoms with E-state index >= 15 is 0 Å². The molecule has 1 rings (SSSR count). The fourth-order valence-electron chi connectivity index (χ4n) is 0.814. The lowest BCUT2D eigenvalue weighted by Crippen LogP contribution is -1.95. The lowest BCUT2D eigenvalue weighted by atomic mass is 10.3. The van der Waals surface area contributed by atoms with Crippen molar-refractivity contribution in [1.82, 2.24) is 0 Å². The molecule has 0 radical (unpaired) electrons. The topological polar surface area (TPSA) is 40.1 Å². The minimum atomic E-state index is -2.63. The summed E-state index contributed by atoms with van der Waals surface area (Å²) in [5.74, 6) is -0.815. The van der Waals surface area contributed by atoms with Gasteiger partial charge in [-0.05, 0) is 29.5 Å². The van der Waals surface area contributed by atoms with Crippen molar-refractivity contribution in [3.63, 3.8) is 0 Å². The highest BCUT2D eigenvalue weighted by atomic mass is 35.5. The van der Waals surface area contributed by atoms with Crippen molar-refractivity contribution in [2.45, 2.75) is 9.79 Å². The van der Waals surface area contributed by atoms with E-state index in [4.69, 9.17) is 11.6 Å². The molecule has 1 atom stereocenters. The van der Waals surface area contributed by atoms with Crippen LogP contribution in [0.4, 0.5) is 4.39 Å². The minimum absolute atomic E-state index is 0.0855. The zero-order chi connectivity index (χ0) is 10.0. The summed E-state index contributed by atoms with van der Waals surface area (Å²) in [5, 5.41) is -0.0855. The first-order valence-electron chi connectivity index (χ1n) is 3.18. The van der Waals surface area contributed by atoms with E-state index in [2.05, 4.69) is 0 Å². The molecule has 1 aromatic carbocycles. The molecule has 0 aromatic heterocycles. The molecule has 0 heterocycles. The van der Waals surface area contributed by atoms with Crippen molar-refractivity contribution in [3.8, 4) is 0 Å². The second kappa shape index (κ2) is 4.41. The van der Waals surface area contributed by atoms with E-state index in [1.807, 2.05) is 0 Å². The van der Waals surface area contributed by atoms with Gasteiger partial charge in [0.05, 0.1) is 9.92 Å². The van der Waals surface area contributed by atoms with Gasteiger partial charge in [-0.15, -0.1) is 11.8 Å². The Morgan fingerprint density at radius 3 is 2.62 bits per heavy atom. The monoisotopic (exact) mass is 239 g/mol. The molecule has 6 heteroatoms. The Morgan fingerprint density at radius 2 is 2.23 bits per heavy atom. The Kier molecular flexibility index (Phi) is 3.73. The fourth-order valence-corrected chi connectivity index (χ4v) is 2.17. The number of hydrogen-bond acceptors (Lipinski definition) is 3. The number of thioether (sulfide) groups is 1. The molecule has 0 aliphatic heterocycles. The average Bonchev–Trinajstić information content (AvgIpc) is 2.02. The summed E-state index contributed by atoms with van der Waals surface area (Å²) < 4.78 is 34.1. The molecule has 0 saturated heterocycles. The zero-order valence-corrected chi connectivity index (χ0v) is 8.93. The molecule has 0 N–H and O–H groups in total. The van der Waals surface area contributed by atoms with Gasteiger partial charge < -0.3 is 4.55 Å². The van der Waals surface area contributed by atoms with Crippen LogP contribution in [-0.4, -0.2) is 15.0 Å². The van der Waals surface area contributed by atoms with Crippen molar-refractivity contribution in [2.75, 3.05) is 6.26 Å². The SMILES string of the molecule is CSc1cc(F)c(S(=O)[O-])c(Cl)c1. The summed E-state index contributed by atoms with van der Waals surface area (Å²) in [6.45, 7) is 0. The molecule has 0 aliphatic rings. The van der Waals surface area contributed by atoms with Crippen molar-refractivity contribution >= 4 is 34.4 Å². The second-order valence-corrected chi connectivity index (χ2v) is 4.32. The van der Waals surface area contributed by atoms with Crippen LogP contribution in [0.3, 0.4) is 0 Å². The smallest absolute Gasteiger partial charge is 0.140 e. The van der Waals surface area contributed by atoms with Crippen molar-refractivity contribution in [2.24, 2.45) is 0 Å². The first-order chi connectivity index (χ1) is 6.06. The van der Waals surface area contributed by atoms with Crippen LogP contribution in [0, 0.1) is 5.82 Å². The summed E-state index contributed by atoms with van der Waals surface area (Å²) in [5.41, 5.74) is 0. The van der Waals surface area contributed by atoms with Gasteiger partial charge in [-0.25, -0.2) is 4.39 Å². The number of halogens is 2. The van der Waals surface area contributed by atoms with Crippen molar-refractivity contribution in [3.05, 3.63) is 23.0 Å². The Morgan fingerprint density at radius 1 is 1.62 bits per heavy atom. The highest BCUT2D eigenvalue weighted by Crippen LogP contribution is 2.27. The van der Waals surface area contributed by atoms with Crippen LogP contribution in [0.5, 0.6) is 0 Å². The molecule has 0 aliphatic carbocycles. The number of rotatable bonds is 2. The van der Waals surface area contributed by atoms with Crippen LogP contribution >= 0.6 is 23.4 Å². The largest absolute Gasteiger partial charge is 0.768 e. The van der Waals surface area contributed by atoms with Gasteiger partial charge in [-0.1, -0.05) is 11.6 Å². The second-order valence-electron chi connectivity index (χ2n) is 2.15. The Bertz CT molecular complexity index is 333. The third kappa shape index (κ3) is 2.43. The van der Waals surface area contributed by atoms with E-state index in [1.54, 1.807) is 6.26 Å². The molecule has 0 fully saturated rings. The summed E-state index contributed by atoms with van der Waals surface area (Å²) in [7, 11) is 0. The first kappa shape index (κ1) is 11.0. The first-order valence-corrected chi connectivity index (χ1v) is 5.86. The van der Waals surface area contributed by atoms with Gasteiger partial charge in [-0.2, -0.15) is 0 Å². The molecule has 0 spiro atoms. The zero-order valence-electron chi connectivity index (χ0n) is 6.54. The maximum absolute atomic E-state index is 13.1. The number of hydrogen-bond donors (Lipinski definition) is 0. The van der Waals surface area contributed by atoms with Gasteiger partial charge in [0.1, 0.15) is 5.82 Å². The average molecular weight is 240 g/mol. The van der Waals surface area contributed by atoms with Crippen LogP contribution < -0.4 is 0 Å². The van der Waals surface area contributed by atoms with E-state index < -0.39 is 21.8 Å². The van der Waals surface area contributed by atoms with Gasteiger partial charge in [0.15, 0.2) is 0 Å². The lowest BCUT2D eigenvalue weighted by Gasteiger charge is -2.09. The predicted octanol–water partition coefficient (Wildman–Crippen LogP) is 2.44. The standard InChI is InChI=1S/C7H6ClFO2S2/c1-12-4-2-5(8)7(13(10)11)6(9)3-4/h2-3H,1H3,(H,10,11)/p-1. The molecule has 13 heavy (non-hydrogen) atoms. The van der Waals surface area contributed by atoms with Crippen LogP contribution in [0.15, 0.2) is 21.9 Å². The van der Waals surface area contributed by atoms with Crippen LogP contribution in [-0.2, 0) is 11.1 Å². The van der Waals surface area contributed by atoms with E-state index in [1.165, 1.54) is 17.8 Å². The molecule has 1 unspecified atom stereocenters. The van der Waals surface area contributed by atoms with Crippen molar-refractivity contribution in [1.29, 1.82) is 0 Å². The molecule has 0 amide bonds. The minimum Gasteiger partial charge on any atom is -0.768 e. The van der Waals surface area contributed by atoms with Gasteiger partial charge >= 0.3 is 0 Å². The summed E-state index contributed by atoms with van der Waals surface area (Å²) in [4.78, 5) is 0.121. The van der Waals surface area contributed by atoms with Crippen LogP contribution in [0.1, 0.15) is 0 Å². The molecular weight excluding hydrogens is 235 g/mol. The third-order valence-corrected chi connectivity index (χ3v) is 3.24. The van der Waals surface area contributed by atoms with E-state index in [0.29, 0.717) is 4.90 Å². The predicted molar refractivity (Wildman–Crippen MR) is 50.4 cm³/mol. The molecule has 2 nitrogen and oxygen atoms in total. The quantitative estimate of drug-likeness (QED) is 0.588. The van der Waals surface area contributed by atoms with E-state index in [9.17, 15) is 13.2 Å². The number of benzene rings is 1. The Hall–Kier alpha value is -0.100. The fraction of sp³-hybridized carbons (Fsp3) is 0.143. The van der Waals surface area contributed by atoms with E-state index in [0.717, 1.165) is 6.07 Å². The maximum atomic E-state index is 13.1. The highest BCUT2D eigenvalue weighted by molar-refractivity contribution is 7.98. The summed E-state index contributed by atoms with van der Waals surface area (Å²) in [6, 6.07) is 2.56. The van der Waals surface area contributed by atoms with Gasteiger partial charge in [0.2, 0.25) is 0 Å². The summed E-state index contributed by atoms with van der Waals surface area (Å²) >= 11 is 4.23. The van der Waals surface area contributed by atoms with Gasteiger partial charge in [-0.3, -0.25) is 4.21 Å². The highest BCUT2D eigenvalue weighted by Gasteiger charge is 2.09. The third-order valence-electron chi connectivity index (χ3n) is 1.37. The van der Waals surface area contributed by atoms with E-state index in [-0.39, 0.29) is 5.02 Å². The van der Waals surface area contributed by atoms with Gasteiger partial charge in [0, 0.05) is 4.90 Å². The Balaban J connectivity index is 3.31. The molecule has 1 aromatic rings. The van der Waals surface area contributed by atoms with Crippen LogP contribution in [0.2, 0.25) is 5.02 Å². The molecular formula is C7H5ClFO2S2-. The maximum Gasteiger partial charge on any atom is 0.140 e. The summed E-state index contributed by atoms with van der Waals surface area (Å²) in [6.07, 6.45) is 1.75. The normalized spacial score (nSPS) is 12.9. The van der Waals surface area contributed by atoms with Crippen LogP contribution in [0.25, 0.3) is 0 Å². The van der Waals surface area contributed by atoms with Gasteiger partial charge in [0.25, 0.3) is 0 Å². The Labute approximate surface area is 86.8 Å².